The predicted molar refractivity (Wildman–Crippen MR) is 73.8 cm³/mol. The summed E-state index contributed by atoms with van der Waals surface area (Å²) < 4.78 is 13.8. The topological polar surface area (TPSA) is 73.9 Å². The second-order valence-electron chi connectivity index (χ2n) is 4.84. The molecule has 0 aromatic heterocycles. The number of nitrogens with zero attached hydrogens (tertiary/aromatic N) is 2. The second kappa shape index (κ2) is 7.06. The van der Waals surface area contributed by atoms with Crippen LogP contribution < -0.4 is 11.1 Å². The minimum absolute atomic E-state index is 0.0978. The fraction of sp³-hybridized carbons (Fsp3) is 0.462. The number of benzene rings is 1. The Hall–Kier alpha value is -1.66. The van der Waals surface area contributed by atoms with Crippen LogP contribution in [0.4, 0.5) is 4.39 Å². The number of oxime groups is 1. The molecule has 0 spiro atoms. The van der Waals surface area contributed by atoms with Gasteiger partial charge < -0.3 is 21.2 Å². The zero-order chi connectivity index (χ0) is 14.4. The van der Waals surface area contributed by atoms with Gasteiger partial charge in [-0.1, -0.05) is 17.3 Å². The molecule has 0 aliphatic rings. The molecule has 1 aromatic carbocycles. The lowest BCUT2D eigenvalue weighted by molar-refractivity contribution is 0.318. The lowest BCUT2D eigenvalue weighted by Gasteiger charge is -2.18. The Bertz CT molecular complexity index is 448. The van der Waals surface area contributed by atoms with Gasteiger partial charge in [-0.15, -0.1) is 0 Å². The molecule has 1 rings (SSSR count). The van der Waals surface area contributed by atoms with Crippen molar-refractivity contribution in [2.45, 2.75) is 19.5 Å². The minimum atomic E-state index is -0.367. The normalized spacial score (nSPS) is 13.8. The molecule has 1 atom stereocenters. The first-order valence-electron chi connectivity index (χ1n) is 6.08. The maximum atomic E-state index is 13.8. The standard InChI is InChI=1S/C13H21FN4O/c1-9(8-18(2)3)16-7-11-5-4-10(6-12(11)14)13(15)17-19/h4-6,9,16,19H,7-8H2,1-3H3,(H2,15,17). The van der Waals surface area contributed by atoms with Crippen LogP contribution in [0.15, 0.2) is 23.4 Å². The van der Waals surface area contributed by atoms with Crippen molar-refractivity contribution < 1.29 is 9.60 Å². The number of likely N-dealkylation sites (N-methyl/N-ethyl adjacent to an activating group) is 1. The summed E-state index contributed by atoms with van der Waals surface area (Å²) in [6.07, 6.45) is 0. The SMILES string of the molecule is CC(CN(C)C)NCc1ccc(/C(N)=N/O)cc1F. The number of halogens is 1. The Balaban J connectivity index is 2.65. The monoisotopic (exact) mass is 268 g/mol. The molecule has 6 heteroatoms. The molecule has 0 fully saturated rings. The molecule has 0 saturated heterocycles. The van der Waals surface area contributed by atoms with E-state index in [4.69, 9.17) is 10.9 Å². The highest BCUT2D eigenvalue weighted by Gasteiger charge is 2.08. The van der Waals surface area contributed by atoms with Crippen molar-refractivity contribution in [3.05, 3.63) is 35.1 Å². The molecule has 0 amide bonds. The van der Waals surface area contributed by atoms with E-state index in [2.05, 4.69) is 15.4 Å². The summed E-state index contributed by atoms with van der Waals surface area (Å²) in [5.74, 6) is -0.465. The number of nitrogens with one attached hydrogen (secondary N) is 1. The highest BCUT2D eigenvalue weighted by Crippen LogP contribution is 2.10. The Morgan fingerprint density at radius 2 is 2.21 bits per heavy atom. The summed E-state index contributed by atoms with van der Waals surface area (Å²) in [7, 11) is 3.98. The molecular weight excluding hydrogens is 247 g/mol. The van der Waals surface area contributed by atoms with Crippen molar-refractivity contribution in [3.8, 4) is 0 Å². The van der Waals surface area contributed by atoms with Gasteiger partial charge in [0.25, 0.3) is 0 Å². The smallest absolute Gasteiger partial charge is 0.170 e. The van der Waals surface area contributed by atoms with Gasteiger partial charge in [0.15, 0.2) is 5.84 Å². The van der Waals surface area contributed by atoms with E-state index in [1.54, 1.807) is 12.1 Å². The van der Waals surface area contributed by atoms with E-state index in [9.17, 15) is 4.39 Å². The number of hydrogen-bond acceptors (Lipinski definition) is 4. The van der Waals surface area contributed by atoms with Crippen LogP contribution in [0, 0.1) is 5.82 Å². The Morgan fingerprint density at radius 1 is 1.53 bits per heavy atom. The number of amidine groups is 1. The van der Waals surface area contributed by atoms with Gasteiger partial charge in [-0.25, -0.2) is 4.39 Å². The van der Waals surface area contributed by atoms with Gasteiger partial charge in [0.2, 0.25) is 0 Å². The second-order valence-corrected chi connectivity index (χ2v) is 4.84. The van der Waals surface area contributed by atoms with Crippen molar-refractivity contribution in [2.75, 3.05) is 20.6 Å². The average molecular weight is 268 g/mol. The molecule has 0 saturated carbocycles. The molecule has 4 N–H and O–H groups in total. The quantitative estimate of drug-likeness (QED) is 0.311. The summed E-state index contributed by atoms with van der Waals surface area (Å²) in [4.78, 5) is 2.07. The van der Waals surface area contributed by atoms with E-state index in [0.717, 1.165) is 6.54 Å². The maximum absolute atomic E-state index is 13.8. The summed E-state index contributed by atoms with van der Waals surface area (Å²) in [6.45, 7) is 3.36. The molecule has 19 heavy (non-hydrogen) atoms. The lowest BCUT2D eigenvalue weighted by atomic mass is 10.1. The molecule has 1 aromatic rings. The Morgan fingerprint density at radius 3 is 2.74 bits per heavy atom. The van der Waals surface area contributed by atoms with Gasteiger partial charge in [-0.05, 0) is 27.1 Å². The van der Waals surface area contributed by atoms with Crippen LogP contribution in [0.3, 0.4) is 0 Å². The van der Waals surface area contributed by atoms with E-state index in [1.165, 1.54) is 6.07 Å². The molecule has 106 valence electrons. The van der Waals surface area contributed by atoms with Gasteiger partial charge in [-0.3, -0.25) is 0 Å². The van der Waals surface area contributed by atoms with E-state index >= 15 is 0 Å². The van der Waals surface area contributed by atoms with Gasteiger partial charge in [-0.2, -0.15) is 0 Å². The van der Waals surface area contributed by atoms with Crippen molar-refractivity contribution in [3.63, 3.8) is 0 Å². The third-order valence-electron chi connectivity index (χ3n) is 2.74. The predicted octanol–water partition coefficient (Wildman–Crippen LogP) is 0.960. The fourth-order valence-electron chi connectivity index (χ4n) is 1.80. The zero-order valence-electron chi connectivity index (χ0n) is 11.5. The first kappa shape index (κ1) is 15.4. The van der Waals surface area contributed by atoms with E-state index in [-0.39, 0.29) is 17.7 Å². The van der Waals surface area contributed by atoms with E-state index < -0.39 is 0 Å². The third kappa shape index (κ3) is 4.84. The van der Waals surface area contributed by atoms with Crippen LogP contribution in [0.25, 0.3) is 0 Å². The van der Waals surface area contributed by atoms with Crippen LogP contribution in [0.5, 0.6) is 0 Å². The Labute approximate surface area is 112 Å². The first-order valence-corrected chi connectivity index (χ1v) is 6.08. The van der Waals surface area contributed by atoms with Gasteiger partial charge in [0.05, 0.1) is 0 Å². The van der Waals surface area contributed by atoms with E-state index in [1.807, 2.05) is 21.0 Å². The maximum Gasteiger partial charge on any atom is 0.170 e. The first-order chi connectivity index (χ1) is 8.93. The highest BCUT2D eigenvalue weighted by atomic mass is 19.1. The molecule has 0 aliphatic heterocycles. The number of rotatable bonds is 6. The number of nitrogens with two attached hydrogens (primary N) is 1. The molecule has 1 unspecified atom stereocenters. The van der Waals surface area contributed by atoms with Crippen LogP contribution in [-0.4, -0.2) is 42.6 Å². The molecule has 0 heterocycles. The molecule has 5 nitrogen and oxygen atoms in total. The summed E-state index contributed by atoms with van der Waals surface area (Å²) in [5.41, 5.74) is 6.32. The zero-order valence-corrected chi connectivity index (χ0v) is 11.5. The fourth-order valence-corrected chi connectivity index (χ4v) is 1.80. The van der Waals surface area contributed by atoms with Gasteiger partial charge in [0.1, 0.15) is 5.82 Å². The van der Waals surface area contributed by atoms with Gasteiger partial charge >= 0.3 is 0 Å². The molecule has 0 aliphatic carbocycles. The largest absolute Gasteiger partial charge is 0.409 e. The highest BCUT2D eigenvalue weighted by molar-refractivity contribution is 5.97. The molecule has 0 bridgehead atoms. The molecular formula is C13H21FN4O. The van der Waals surface area contributed by atoms with E-state index in [0.29, 0.717) is 17.7 Å². The van der Waals surface area contributed by atoms with Crippen LogP contribution >= 0.6 is 0 Å². The lowest BCUT2D eigenvalue weighted by Crippen LogP contribution is -2.35. The van der Waals surface area contributed by atoms with Crippen molar-refractivity contribution in [1.29, 1.82) is 0 Å². The Kier molecular flexibility index (Phi) is 5.72. The van der Waals surface area contributed by atoms with Crippen molar-refractivity contribution in [2.24, 2.45) is 10.9 Å². The van der Waals surface area contributed by atoms with Crippen molar-refractivity contribution in [1.82, 2.24) is 10.2 Å². The number of hydrogen-bond donors (Lipinski definition) is 3. The minimum Gasteiger partial charge on any atom is -0.409 e. The van der Waals surface area contributed by atoms with Crippen molar-refractivity contribution >= 4 is 5.84 Å². The summed E-state index contributed by atoms with van der Waals surface area (Å²) in [5, 5.41) is 14.6. The van der Waals surface area contributed by atoms with Crippen LogP contribution in [0.1, 0.15) is 18.1 Å². The average Bonchev–Trinajstić information content (AvgIpc) is 2.35. The third-order valence-corrected chi connectivity index (χ3v) is 2.74. The summed E-state index contributed by atoms with van der Waals surface area (Å²) in [6, 6.07) is 4.80. The molecule has 0 radical (unpaired) electrons. The van der Waals surface area contributed by atoms with Gasteiger partial charge in [0, 0.05) is 30.3 Å². The van der Waals surface area contributed by atoms with Crippen LogP contribution in [0.2, 0.25) is 0 Å². The van der Waals surface area contributed by atoms with Crippen LogP contribution in [-0.2, 0) is 6.54 Å². The summed E-state index contributed by atoms with van der Waals surface area (Å²) >= 11 is 0.